The summed E-state index contributed by atoms with van der Waals surface area (Å²) >= 11 is 4.44. The lowest BCUT2D eigenvalue weighted by Gasteiger charge is -2.03. The highest BCUT2D eigenvalue weighted by Gasteiger charge is 2.13. The van der Waals surface area contributed by atoms with Gasteiger partial charge in [-0.05, 0) is 42.5 Å². The van der Waals surface area contributed by atoms with E-state index in [2.05, 4.69) is 20.9 Å². The van der Waals surface area contributed by atoms with E-state index in [1.807, 2.05) is 0 Å². The molecule has 1 heterocycles. The van der Waals surface area contributed by atoms with Gasteiger partial charge in [-0.3, -0.25) is 9.59 Å². The van der Waals surface area contributed by atoms with E-state index < -0.39 is 17.7 Å². The van der Waals surface area contributed by atoms with Crippen LogP contribution in [0.1, 0.15) is 10.4 Å². The number of aromatic nitrogens is 1. The van der Waals surface area contributed by atoms with E-state index in [1.165, 1.54) is 19.2 Å². The number of nitrogens with zero attached hydrogens (tertiary/aromatic N) is 2. The topological polar surface area (TPSA) is 60.7 Å². The minimum Gasteiger partial charge on any atom is -0.468 e. The molecule has 2 aromatic carbocycles. The first kappa shape index (κ1) is 17.5. The summed E-state index contributed by atoms with van der Waals surface area (Å²) in [6.07, 6.45) is 0. The Hall–Kier alpha value is -2.32. The van der Waals surface area contributed by atoms with Crippen LogP contribution in [0.5, 0.6) is 0 Å². The second-order valence-corrected chi connectivity index (χ2v) is 7.01. The van der Waals surface area contributed by atoms with Crippen LogP contribution in [-0.2, 0) is 16.1 Å². The number of fused-ring (bicyclic) bond motifs is 1. The Bertz CT molecular complexity index is 1020. The van der Waals surface area contributed by atoms with E-state index in [4.69, 9.17) is 4.74 Å². The molecule has 0 fully saturated rings. The number of amides is 1. The summed E-state index contributed by atoms with van der Waals surface area (Å²) in [5.41, 5.74) is 1.02. The van der Waals surface area contributed by atoms with Crippen molar-refractivity contribution in [3.63, 3.8) is 0 Å². The first-order chi connectivity index (χ1) is 12.0. The van der Waals surface area contributed by atoms with Crippen LogP contribution in [0.25, 0.3) is 10.2 Å². The van der Waals surface area contributed by atoms with Gasteiger partial charge in [-0.25, -0.2) is 4.39 Å². The Labute approximate surface area is 154 Å². The molecule has 3 rings (SSSR count). The maximum Gasteiger partial charge on any atom is 0.325 e. The van der Waals surface area contributed by atoms with Gasteiger partial charge in [0, 0.05) is 10.0 Å². The van der Waals surface area contributed by atoms with Crippen molar-refractivity contribution in [1.82, 2.24) is 4.57 Å². The van der Waals surface area contributed by atoms with Crippen molar-refractivity contribution in [3.8, 4) is 0 Å². The van der Waals surface area contributed by atoms with Gasteiger partial charge >= 0.3 is 5.97 Å². The van der Waals surface area contributed by atoms with Crippen molar-refractivity contribution in [2.24, 2.45) is 4.99 Å². The van der Waals surface area contributed by atoms with Crippen molar-refractivity contribution in [3.05, 3.63) is 63.1 Å². The van der Waals surface area contributed by atoms with Gasteiger partial charge in [0.25, 0.3) is 5.91 Å². The molecule has 5 nitrogen and oxygen atoms in total. The second kappa shape index (κ2) is 7.28. The lowest BCUT2D eigenvalue weighted by molar-refractivity contribution is -0.141. The van der Waals surface area contributed by atoms with Gasteiger partial charge < -0.3 is 9.30 Å². The van der Waals surface area contributed by atoms with Crippen LogP contribution >= 0.6 is 27.3 Å². The van der Waals surface area contributed by atoms with Crippen molar-refractivity contribution in [2.45, 2.75) is 6.54 Å². The third kappa shape index (κ3) is 3.85. The Morgan fingerprint density at radius 2 is 1.96 bits per heavy atom. The molecule has 128 valence electrons. The van der Waals surface area contributed by atoms with Gasteiger partial charge in [0.2, 0.25) is 0 Å². The predicted molar refractivity (Wildman–Crippen MR) is 95.8 cm³/mol. The molecule has 0 atom stereocenters. The molecule has 0 saturated carbocycles. The molecule has 0 aliphatic heterocycles. The van der Waals surface area contributed by atoms with Gasteiger partial charge in [0.1, 0.15) is 12.4 Å². The summed E-state index contributed by atoms with van der Waals surface area (Å²) < 4.78 is 21.2. The SMILES string of the molecule is COC(=O)Cn1c(=NC(=O)c2ccc(Br)cc2)sc2cc(F)ccc21. The third-order valence-corrected chi connectivity index (χ3v) is 5.02. The molecule has 0 radical (unpaired) electrons. The highest BCUT2D eigenvalue weighted by Crippen LogP contribution is 2.19. The summed E-state index contributed by atoms with van der Waals surface area (Å²) in [5, 5.41) is 0. The molecule has 0 aliphatic rings. The van der Waals surface area contributed by atoms with Crippen molar-refractivity contribution in [2.75, 3.05) is 7.11 Å². The number of carbonyl (C=O) groups is 2. The number of benzene rings is 2. The van der Waals surface area contributed by atoms with E-state index in [0.717, 1.165) is 15.8 Å². The summed E-state index contributed by atoms with van der Waals surface area (Å²) in [6, 6.07) is 11.0. The number of thiazole rings is 1. The molecule has 25 heavy (non-hydrogen) atoms. The minimum atomic E-state index is -0.485. The summed E-state index contributed by atoms with van der Waals surface area (Å²) in [6.45, 7) is -0.116. The molecule has 8 heteroatoms. The molecule has 0 spiro atoms. The maximum absolute atomic E-state index is 13.5. The molecule has 0 bridgehead atoms. The summed E-state index contributed by atoms with van der Waals surface area (Å²) in [4.78, 5) is 28.5. The lowest BCUT2D eigenvalue weighted by Crippen LogP contribution is -2.22. The molecular formula is C17H12BrFN2O3S. The fourth-order valence-corrected chi connectivity index (χ4v) is 3.54. The molecule has 0 N–H and O–H groups in total. The summed E-state index contributed by atoms with van der Waals surface area (Å²) in [5.74, 6) is -1.33. The van der Waals surface area contributed by atoms with E-state index in [-0.39, 0.29) is 6.54 Å². The molecule has 0 saturated heterocycles. The number of methoxy groups -OCH3 is 1. The standard InChI is InChI=1S/C17H12BrFN2O3S/c1-24-15(22)9-21-13-7-6-12(19)8-14(13)25-17(21)20-16(23)10-2-4-11(18)5-3-10/h2-8H,9H2,1H3. The average molecular weight is 423 g/mol. The van der Waals surface area contributed by atoms with Gasteiger partial charge in [-0.1, -0.05) is 27.3 Å². The smallest absolute Gasteiger partial charge is 0.325 e. The Morgan fingerprint density at radius 3 is 2.64 bits per heavy atom. The Balaban J connectivity index is 2.13. The molecular weight excluding hydrogens is 411 g/mol. The van der Waals surface area contributed by atoms with Crippen LogP contribution < -0.4 is 4.80 Å². The quantitative estimate of drug-likeness (QED) is 0.606. The zero-order valence-electron chi connectivity index (χ0n) is 13.0. The zero-order valence-corrected chi connectivity index (χ0v) is 15.4. The monoisotopic (exact) mass is 422 g/mol. The van der Waals surface area contributed by atoms with Crippen LogP contribution in [0.2, 0.25) is 0 Å². The van der Waals surface area contributed by atoms with Gasteiger partial charge in [-0.15, -0.1) is 0 Å². The third-order valence-electron chi connectivity index (χ3n) is 3.45. The van der Waals surface area contributed by atoms with E-state index in [1.54, 1.807) is 34.9 Å². The Kier molecular flexibility index (Phi) is 5.10. The number of rotatable bonds is 3. The first-order valence-electron chi connectivity index (χ1n) is 7.18. The average Bonchev–Trinajstić information content (AvgIpc) is 2.91. The van der Waals surface area contributed by atoms with Crippen molar-refractivity contribution < 1.29 is 18.7 Å². The molecule has 0 unspecified atom stereocenters. The van der Waals surface area contributed by atoms with Crippen LogP contribution in [0.4, 0.5) is 4.39 Å². The highest BCUT2D eigenvalue weighted by molar-refractivity contribution is 9.10. The van der Waals surface area contributed by atoms with Crippen LogP contribution in [0, 0.1) is 5.82 Å². The van der Waals surface area contributed by atoms with Gasteiger partial charge in [0.15, 0.2) is 4.80 Å². The van der Waals surface area contributed by atoms with Crippen LogP contribution in [0.3, 0.4) is 0 Å². The fraction of sp³-hybridized carbons (Fsp3) is 0.118. The van der Waals surface area contributed by atoms with E-state index in [9.17, 15) is 14.0 Å². The van der Waals surface area contributed by atoms with Crippen molar-refractivity contribution >= 4 is 49.4 Å². The van der Waals surface area contributed by atoms with Gasteiger partial charge in [-0.2, -0.15) is 4.99 Å². The van der Waals surface area contributed by atoms with Crippen LogP contribution in [0.15, 0.2) is 51.9 Å². The van der Waals surface area contributed by atoms with Crippen LogP contribution in [-0.4, -0.2) is 23.6 Å². The number of hydrogen-bond donors (Lipinski definition) is 0. The number of ether oxygens (including phenoxy) is 1. The minimum absolute atomic E-state index is 0.116. The number of esters is 1. The second-order valence-electron chi connectivity index (χ2n) is 5.08. The first-order valence-corrected chi connectivity index (χ1v) is 8.79. The molecule has 0 aliphatic carbocycles. The largest absolute Gasteiger partial charge is 0.468 e. The fourth-order valence-electron chi connectivity index (χ4n) is 2.22. The lowest BCUT2D eigenvalue weighted by atomic mass is 10.2. The normalized spacial score (nSPS) is 11.7. The number of hydrogen-bond acceptors (Lipinski definition) is 4. The van der Waals surface area contributed by atoms with Gasteiger partial charge in [0.05, 0.1) is 17.3 Å². The molecule has 1 aromatic heterocycles. The predicted octanol–water partition coefficient (Wildman–Crippen LogP) is 3.52. The highest BCUT2D eigenvalue weighted by atomic mass is 79.9. The van der Waals surface area contributed by atoms with E-state index in [0.29, 0.717) is 20.6 Å². The zero-order chi connectivity index (χ0) is 18.0. The molecule has 1 amide bonds. The summed E-state index contributed by atoms with van der Waals surface area (Å²) in [7, 11) is 1.28. The Morgan fingerprint density at radius 1 is 1.24 bits per heavy atom. The molecule has 3 aromatic rings. The maximum atomic E-state index is 13.5. The van der Waals surface area contributed by atoms with E-state index >= 15 is 0 Å². The van der Waals surface area contributed by atoms with Crippen molar-refractivity contribution in [1.29, 1.82) is 0 Å². The number of halogens is 2. The number of carbonyl (C=O) groups excluding carboxylic acids is 2.